The van der Waals surface area contributed by atoms with Crippen LogP contribution in [0.3, 0.4) is 0 Å². The van der Waals surface area contributed by atoms with E-state index in [1.807, 2.05) is 0 Å². The highest BCUT2D eigenvalue weighted by Gasteiger charge is 2.45. The lowest BCUT2D eigenvalue weighted by atomic mass is 9.91. The molecule has 1 saturated carbocycles. The van der Waals surface area contributed by atoms with Gasteiger partial charge >= 0.3 is 0 Å². The van der Waals surface area contributed by atoms with E-state index in [1.165, 1.54) is 31.4 Å². The van der Waals surface area contributed by atoms with Crippen molar-refractivity contribution < 1.29 is 14.0 Å². The van der Waals surface area contributed by atoms with Gasteiger partial charge in [-0.05, 0) is 48.8 Å². The summed E-state index contributed by atoms with van der Waals surface area (Å²) >= 11 is 0. The molecule has 0 N–H and O–H groups in total. The van der Waals surface area contributed by atoms with Crippen molar-refractivity contribution in [3.8, 4) is 0 Å². The van der Waals surface area contributed by atoms with Gasteiger partial charge in [0, 0.05) is 19.1 Å². The Balaban J connectivity index is 1.73. The van der Waals surface area contributed by atoms with E-state index in [-0.39, 0.29) is 23.7 Å². The van der Waals surface area contributed by atoms with E-state index in [9.17, 15) is 14.0 Å². The van der Waals surface area contributed by atoms with Gasteiger partial charge in [-0.3, -0.25) is 14.5 Å². The number of hydrogen-bond donors (Lipinski definition) is 0. The van der Waals surface area contributed by atoms with Gasteiger partial charge in [-0.2, -0.15) is 0 Å². The van der Waals surface area contributed by atoms with E-state index in [0.717, 1.165) is 45.2 Å². The van der Waals surface area contributed by atoms with Crippen molar-refractivity contribution in [2.24, 2.45) is 11.8 Å². The third kappa shape index (κ3) is 4.17. The van der Waals surface area contributed by atoms with Crippen molar-refractivity contribution in [3.63, 3.8) is 0 Å². The highest BCUT2D eigenvalue weighted by molar-refractivity contribution is 6.35. The average Bonchev–Trinajstić information content (AvgIpc) is 2.92. The van der Waals surface area contributed by atoms with Crippen LogP contribution >= 0.6 is 0 Å². The first-order chi connectivity index (χ1) is 14.5. The zero-order chi connectivity index (χ0) is 21.3. The Kier molecular flexibility index (Phi) is 6.26. The van der Waals surface area contributed by atoms with Gasteiger partial charge in [-0.1, -0.05) is 58.1 Å². The summed E-state index contributed by atoms with van der Waals surface area (Å²) in [6, 6.07) is 5.98. The SMILES string of the molecule is CC1CC(C)CN(C2=C(c3ccc(F)cc3)C(=O)N(C3CCCCCCC3)C2=O)C1. The smallest absolute Gasteiger partial charge is 0.278 e. The van der Waals surface area contributed by atoms with Gasteiger partial charge in [-0.15, -0.1) is 0 Å². The number of carbonyl (C=O) groups is 2. The summed E-state index contributed by atoms with van der Waals surface area (Å²) in [5.41, 5.74) is 1.64. The second-order valence-corrected chi connectivity index (χ2v) is 9.56. The van der Waals surface area contributed by atoms with Crippen molar-refractivity contribution in [3.05, 3.63) is 41.3 Å². The Morgan fingerprint density at radius 3 is 2.00 bits per heavy atom. The lowest BCUT2D eigenvalue weighted by Crippen LogP contribution is -2.45. The summed E-state index contributed by atoms with van der Waals surface area (Å²) in [6.07, 6.45) is 8.58. The molecule has 2 unspecified atom stereocenters. The summed E-state index contributed by atoms with van der Waals surface area (Å²) < 4.78 is 13.6. The van der Waals surface area contributed by atoms with Crippen molar-refractivity contribution >= 4 is 17.4 Å². The summed E-state index contributed by atoms with van der Waals surface area (Å²) in [5.74, 6) is 0.252. The zero-order valence-electron chi connectivity index (χ0n) is 18.2. The summed E-state index contributed by atoms with van der Waals surface area (Å²) in [4.78, 5) is 31.0. The van der Waals surface area contributed by atoms with Gasteiger partial charge in [0.25, 0.3) is 11.8 Å². The molecule has 3 aliphatic rings. The quantitative estimate of drug-likeness (QED) is 0.656. The maximum atomic E-state index is 13.7. The van der Waals surface area contributed by atoms with Gasteiger partial charge < -0.3 is 4.90 Å². The normalized spacial score (nSPS) is 26.9. The Morgan fingerprint density at radius 2 is 1.40 bits per heavy atom. The highest BCUT2D eigenvalue weighted by atomic mass is 19.1. The molecule has 1 aromatic carbocycles. The molecule has 1 aliphatic carbocycles. The molecule has 162 valence electrons. The summed E-state index contributed by atoms with van der Waals surface area (Å²) in [7, 11) is 0. The van der Waals surface area contributed by atoms with Crippen molar-refractivity contribution in [2.75, 3.05) is 13.1 Å². The number of likely N-dealkylation sites (tertiary alicyclic amines) is 1. The average molecular weight is 413 g/mol. The fraction of sp³-hybridized carbons (Fsp3) is 0.600. The molecule has 30 heavy (non-hydrogen) atoms. The number of rotatable bonds is 3. The Labute approximate surface area is 179 Å². The number of nitrogens with zero attached hydrogens (tertiary/aromatic N) is 2. The predicted octanol–water partition coefficient (Wildman–Crippen LogP) is 5.00. The second kappa shape index (κ2) is 8.91. The Hall–Kier alpha value is -2.17. The monoisotopic (exact) mass is 412 g/mol. The van der Waals surface area contributed by atoms with E-state index in [2.05, 4.69) is 18.7 Å². The number of halogens is 1. The molecule has 2 amide bonds. The Bertz CT molecular complexity index is 814. The Morgan fingerprint density at radius 1 is 0.833 bits per heavy atom. The van der Waals surface area contributed by atoms with Gasteiger partial charge in [0.2, 0.25) is 0 Å². The maximum absolute atomic E-state index is 13.7. The van der Waals surface area contributed by atoms with Crippen LogP contribution in [-0.2, 0) is 9.59 Å². The van der Waals surface area contributed by atoms with Crippen LogP contribution in [0.25, 0.3) is 5.57 Å². The first-order valence-electron chi connectivity index (χ1n) is 11.6. The number of imide groups is 1. The molecule has 5 heteroatoms. The van der Waals surface area contributed by atoms with Gasteiger partial charge in [0.05, 0.1) is 5.57 Å². The van der Waals surface area contributed by atoms with E-state index in [4.69, 9.17) is 0 Å². The van der Waals surface area contributed by atoms with Crippen LogP contribution in [0.4, 0.5) is 4.39 Å². The maximum Gasteiger partial charge on any atom is 0.278 e. The second-order valence-electron chi connectivity index (χ2n) is 9.56. The van der Waals surface area contributed by atoms with Crippen LogP contribution in [0.1, 0.15) is 70.8 Å². The molecule has 4 nitrogen and oxygen atoms in total. The van der Waals surface area contributed by atoms with Crippen molar-refractivity contribution in [1.29, 1.82) is 0 Å². The molecular weight excluding hydrogens is 379 g/mol. The first-order valence-corrected chi connectivity index (χ1v) is 11.6. The highest BCUT2D eigenvalue weighted by Crippen LogP contribution is 2.37. The molecule has 2 aliphatic heterocycles. The third-order valence-electron chi connectivity index (χ3n) is 6.85. The molecule has 4 rings (SSSR count). The van der Waals surface area contributed by atoms with E-state index in [1.54, 1.807) is 17.0 Å². The topological polar surface area (TPSA) is 40.6 Å². The molecule has 2 heterocycles. The van der Waals surface area contributed by atoms with Crippen molar-refractivity contribution in [2.45, 2.75) is 71.3 Å². The molecule has 1 aromatic rings. The van der Waals surface area contributed by atoms with Crippen LogP contribution in [0.5, 0.6) is 0 Å². The largest absolute Gasteiger partial charge is 0.366 e. The molecule has 0 radical (unpaired) electrons. The molecular formula is C25H33FN2O2. The van der Waals surface area contributed by atoms with Crippen LogP contribution in [0.15, 0.2) is 30.0 Å². The zero-order valence-corrected chi connectivity index (χ0v) is 18.2. The van der Waals surface area contributed by atoms with Crippen LogP contribution in [0.2, 0.25) is 0 Å². The fourth-order valence-corrected chi connectivity index (χ4v) is 5.58. The minimum atomic E-state index is -0.338. The van der Waals surface area contributed by atoms with Crippen LogP contribution in [0, 0.1) is 17.7 Å². The van der Waals surface area contributed by atoms with Crippen LogP contribution in [-0.4, -0.2) is 40.7 Å². The van der Waals surface area contributed by atoms with Gasteiger partial charge in [0.15, 0.2) is 0 Å². The molecule has 0 bridgehead atoms. The number of amides is 2. The number of piperidine rings is 1. The molecule has 0 spiro atoms. The van der Waals surface area contributed by atoms with Gasteiger partial charge in [-0.25, -0.2) is 4.39 Å². The number of carbonyl (C=O) groups excluding carboxylic acids is 2. The van der Waals surface area contributed by atoms with Crippen molar-refractivity contribution in [1.82, 2.24) is 9.80 Å². The first kappa shape index (κ1) is 21.1. The van der Waals surface area contributed by atoms with E-state index >= 15 is 0 Å². The molecule has 1 saturated heterocycles. The standard InChI is InChI=1S/C25H33FN2O2/c1-17-14-18(2)16-27(15-17)23-22(19-10-12-20(26)13-11-19)24(29)28(25(23)30)21-8-6-4-3-5-7-9-21/h10-13,17-18,21H,3-9,14-16H2,1-2H3. The third-order valence-corrected chi connectivity index (χ3v) is 6.85. The predicted molar refractivity (Wildman–Crippen MR) is 116 cm³/mol. The lowest BCUT2D eigenvalue weighted by molar-refractivity contribution is -0.140. The fourth-order valence-electron chi connectivity index (χ4n) is 5.58. The van der Waals surface area contributed by atoms with Crippen LogP contribution < -0.4 is 0 Å². The van der Waals surface area contributed by atoms with E-state index in [0.29, 0.717) is 28.7 Å². The minimum Gasteiger partial charge on any atom is -0.366 e. The minimum absolute atomic E-state index is 0.0297. The van der Waals surface area contributed by atoms with Gasteiger partial charge in [0.1, 0.15) is 11.5 Å². The number of benzene rings is 1. The summed E-state index contributed by atoms with van der Waals surface area (Å²) in [6.45, 7) is 5.97. The van der Waals surface area contributed by atoms with E-state index < -0.39 is 0 Å². The lowest BCUT2D eigenvalue weighted by Gasteiger charge is -2.37. The number of hydrogen-bond acceptors (Lipinski definition) is 3. The molecule has 2 fully saturated rings. The molecule has 0 aromatic heterocycles. The summed E-state index contributed by atoms with van der Waals surface area (Å²) in [5, 5.41) is 0. The molecule has 2 atom stereocenters.